The summed E-state index contributed by atoms with van der Waals surface area (Å²) in [7, 11) is 0. The Balaban J connectivity index is 1.82. The Labute approximate surface area is 164 Å². The van der Waals surface area contributed by atoms with Crippen LogP contribution in [0.15, 0.2) is 60.7 Å². The van der Waals surface area contributed by atoms with Crippen molar-refractivity contribution in [1.29, 1.82) is 0 Å². The molecule has 2 aromatic carbocycles. The molecule has 1 heterocycles. The molecule has 0 atom stereocenters. The lowest BCUT2D eigenvalue weighted by Crippen LogP contribution is -2.07. The lowest BCUT2D eigenvalue weighted by Gasteiger charge is -2.06. The van der Waals surface area contributed by atoms with Crippen LogP contribution in [0.5, 0.6) is 0 Å². The number of ether oxygens (including phenoxy) is 2. The first-order valence-electron chi connectivity index (χ1n) is 9.13. The van der Waals surface area contributed by atoms with Gasteiger partial charge in [0.1, 0.15) is 18.9 Å². The molecule has 0 aliphatic rings. The summed E-state index contributed by atoms with van der Waals surface area (Å²) < 4.78 is 10.6. The summed E-state index contributed by atoms with van der Waals surface area (Å²) in [6.07, 6.45) is 0.631. The van der Waals surface area contributed by atoms with Crippen LogP contribution in [0.25, 0.3) is 0 Å². The molecule has 0 aliphatic heterocycles. The fourth-order valence-corrected chi connectivity index (χ4v) is 3.03. The minimum Gasteiger partial charge on any atom is -0.459 e. The molecule has 0 aliphatic carbocycles. The van der Waals surface area contributed by atoms with Gasteiger partial charge in [0.15, 0.2) is 0 Å². The van der Waals surface area contributed by atoms with Crippen molar-refractivity contribution in [3.8, 4) is 0 Å². The highest BCUT2D eigenvalue weighted by atomic mass is 16.5. The fraction of sp³-hybridized carbons (Fsp3) is 0.217. The third-order valence-electron chi connectivity index (χ3n) is 4.53. The zero-order valence-electron chi connectivity index (χ0n) is 16.0. The number of benzene rings is 2. The fourth-order valence-electron chi connectivity index (χ4n) is 3.03. The van der Waals surface area contributed by atoms with E-state index in [1.54, 1.807) is 0 Å². The Morgan fingerprint density at radius 1 is 0.857 bits per heavy atom. The van der Waals surface area contributed by atoms with Crippen LogP contribution < -0.4 is 0 Å². The minimum atomic E-state index is -0.426. The van der Waals surface area contributed by atoms with E-state index in [9.17, 15) is 9.59 Å². The number of nitrogens with one attached hydrogen (secondary N) is 1. The number of carbonyl (C=O) groups excluding carboxylic acids is 2. The Kier molecular flexibility index (Phi) is 6.27. The highest BCUT2D eigenvalue weighted by Gasteiger charge is 2.21. The quantitative estimate of drug-likeness (QED) is 0.622. The largest absolute Gasteiger partial charge is 0.459 e. The molecule has 0 radical (unpaired) electrons. The molecule has 0 bridgehead atoms. The third-order valence-corrected chi connectivity index (χ3v) is 4.53. The maximum absolute atomic E-state index is 12.6. The van der Waals surface area contributed by atoms with Crippen LogP contribution in [-0.4, -0.2) is 16.9 Å². The average molecular weight is 377 g/mol. The van der Waals surface area contributed by atoms with Crippen LogP contribution >= 0.6 is 0 Å². The molecule has 5 nitrogen and oxygen atoms in total. The van der Waals surface area contributed by atoms with Crippen LogP contribution in [0, 0.1) is 6.92 Å². The number of hydrogen-bond acceptors (Lipinski definition) is 4. The van der Waals surface area contributed by atoms with Gasteiger partial charge in [-0.3, -0.25) is 4.79 Å². The summed E-state index contributed by atoms with van der Waals surface area (Å²) in [5.41, 5.74) is 4.89. The number of rotatable bonds is 7. The first-order valence-corrected chi connectivity index (χ1v) is 9.13. The highest BCUT2D eigenvalue weighted by Crippen LogP contribution is 2.24. The molecule has 1 N–H and O–H groups in total. The van der Waals surface area contributed by atoms with E-state index < -0.39 is 5.97 Å². The summed E-state index contributed by atoms with van der Waals surface area (Å²) in [5.74, 6) is -0.796. The number of aromatic amines is 1. The summed E-state index contributed by atoms with van der Waals surface area (Å²) in [6, 6.07) is 19.5. The molecular formula is C23H23NO4. The van der Waals surface area contributed by atoms with Gasteiger partial charge in [0, 0.05) is 6.92 Å². The smallest absolute Gasteiger partial charge is 0.355 e. The van der Waals surface area contributed by atoms with Gasteiger partial charge in [0.25, 0.3) is 0 Å². The molecule has 0 saturated heterocycles. The zero-order valence-corrected chi connectivity index (χ0v) is 16.0. The molecule has 0 unspecified atom stereocenters. The van der Waals surface area contributed by atoms with Gasteiger partial charge in [-0.05, 0) is 35.6 Å². The number of H-pyrrole nitrogens is 1. The van der Waals surface area contributed by atoms with Gasteiger partial charge in [0.05, 0.1) is 5.69 Å². The molecule has 28 heavy (non-hydrogen) atoms. The van der Waals surface area contributed by atoms with E-state index in [4.69, 9.17) is 9.47 Å². The van der Waals surface area contributed by atoms with Crippen LogP contribution in [0.3, 0.4) is 0 Å². The van der Waals surface area contributed by atoms with Gasteiger partial charge in [-0.25, -0.2) is 4.79 Å². The summed E-state index contributed by atoms with van der Waals surface area (Å²) >= 11 is 0. The van der Waals surface area contributed by atoms with Gasteiger partial charge in [-0.1, -0.05) is 60.7 Å². The van der Waals surface area contributed by atoms with Crippen molar-refractivity contribution in [3.63, 3.8) is 0 Å². The van der Waals surface area contributed by atoms with Crippen LogP contribution in [0.4, 0.5) is 0 Å². The van der Waals surface area contributed by atoms with Gasteiger partial charge < -0.3 is 14.5 Å². The first-order chi connectivity index (χ1) is 13.5. The van der Waals surface area contributed by atoms with E-state index >= 15 is 0 Å². The maximum Gasteiger partial charge on any atom is 0.355 e. The van der Waals surface area contributed by atoms with Gasteiger partial charge in [-0.2, -0.15) is 0 Å². The number of aromatic nitrogens is 1. The van der Waals surface area contributed by atoms with Crippen LogP contribution in [0.2, 0.25) is 0 Å². The molecule has 144 valence electrons. The molecular weight excluding hydrogens is 354 g/mol. The Bertz CT molecular complexity index is 945. The predicted molar refractivity (Wildman–Crippen MR) is 106 cm³/mol. The Morgan fingerprint density at radius 2 is 1.46 bits per heavy atom. The van der Waals surface area contributed by atoms with E-state index in [-0.39, 0.29) is 19.2 Å². The highest BCUT2D eigenvalue weighted by molar-refractivity contribution is 5.90. The maximum atomic E-state index is 12.6. The molecule has 1 aromatic heterocycles. The van der Waals surface area contributed by atoms with Gasteiger partial charge >= 0.3 is 11.9 Å². The van der Waals surface area contributed by atoms with E-state index in [1.807, 2.05) is 67.6 Å². The summed E-state index contributed by atoms with van der Waals surface area (Å²) in [6.45, 7) is 3.53. The third kappa shape index (κ3) is 4.88. The first kappa shape index (κ1) is 19.4. The van der Waals surface area contributed by atoms with Crippen molar-refractivity contribution in [1.82, 2.24) is 4.98 Å². The van der Waals surface area contributed by atoms with Crippen molar-refractivity contribution >= 4 is 11.9 Å². The van der Waals surface area contributed by atoms with Crippen LogP contribution in [0.1, 0.15) is 45.4 Å². The van der Waals surface area contributed by atoms with E-state index in [0.717, 1.165) is 22.3 Å². The van der Waals surface area contributed by atoms with E-state index in [0.29, 0.717) is 17.8 Å². The second-order valence-corrected chi connectivity index (χ2v) is 6.59. The van der Waals surface area contributed by atoms with Gasteiger partial charge in [0.2, 0.25) is 0 Å². The standard InChI is InChI=1S/C23H23NO4/c1-16-20(13-18-9-5-3-6-10-18)21(15-27-17(2)25)24-22(16)23(26)28-14-19-11-7-4-8-12-19/h3-12,24H,13-15H2,1-2H3. The predicted octanol–water partition coefficient (Wildman–Crippen LogP) is 4.33. The van der Waals surface area contributed by atoms with Crippen molar-refractivity contribution in [2.45, 2.75) is 33.5 Å². The Morgan fingerprint density at radius 3 is 2.07 bits per heavy atom. The SMILES string of the molecule is CC(=O)OCc1[nH]c(C(=O)OCc2ccccc2)c(C)c1Cc1ccccc1. The van der Waals surface area contributed by atoms with E-state index in [2.05, 4.69) is 4.98 Å². The van der Waals surface area contributed by atoms with Crippen molar-refractivity contribution in [2.75, 3.05) is 0 Å². The lowest BCUT2D eigenvalue weighted by atomic mass is 10.0. The molecule has 3 aromatic rings. The second-order valence-electron chi connectivity index (χ2n) is 6.59. The topological polar surface area (TPSA) is 68.4 Å². The second kappa shape index (κ2) is 9.04. The molecule has 0 saturated carbocycles. The zero-order chi connectivity index (χ0) is 19.9. The minimum absolute atomic E-state index is 0.0876. The molecule has 5 heteroatoms. The van der Waals surface area contributed by atoms with Crippen molar-refractivity contribution in [2.24, 2.45) is 0 Å². The summed E-state index contributed by atoms with van der Waals surface area (Å²) in [4.78, 5) is 27.0. The average Bonchev–Trinajstić information content (AvgIpc) is 3.02. The number of carbonyl (C=O) groups is 2. The summed E-state index contributed by atoms with van der Waals surface area (Å²) in [5, 5.41) is 0. The normalized spacial score (nSPS) is 10.5. The lowest BCUT2D eigenvalue weighted by molar-refractivity contribution is -0.142. The molecule has 0 amide bonds. The number of esters is 2. The van der Waals surface area contributed by atoms with Crippen LogP contribution in [-0.2, 0) is 33.9 Å². The van der Waals surface area contributed by atoms with E-state index in [1.165, 1.54) is 6.92 Å². The molecule has 0 spiro atoms. The van der Waals surface area contributed by atoms with Crippen molar-refractivity contribution in [3.05, 3.63) is 94.3 Å². The van der Waals surface area contributed by atoms with Gasteiger partial charge in [-0.15, -0.1) is 0 Å². The van der Waals surface area contributed by atoms with Crippen molar-refractivity contribution < 1.29 is 19.1 Å². The molecule has 3 rings (SSSR count). The number of hydrogen-bond donors (Lipinski definition) is 1. The molecule has 0 fully saturated rings. The Hall–Kier alpha value is -3.34. The monoisotopic (exact) mass is 377 g/mol.